The first kappa shape index (κ1) is 22.4. The first-order valence-corrected chi connectivity index (χ1v) is 10.5. The van der Waals surface area contributed by atoms with E-state index in [-0.39, 0.29) is 24.0 Å². The van der Waals surface area contributed by atoms with Crippen LogP contribution < -0.4 is 10.6 Å². The van der Waals surface area contributed by atoms with Gasteiger partial charge in [0, 0.05) is 30.3 Å². The van der Waals surface area contributed by atoms with Crippen molar-refractivity contribution in [3.63, 3.8) is 0 Å². The topological polar surface area (TPSA) is 53.5 Å². The summed E-state index contributed by atoms with van der Waals surface area (Å²) in [6.45, 7) is 6.74. The van der Waals surface area contributed by atoms with Crippen LogP contribution in [-0.2, 0) is 10.8 Å². The Labute approximate surface area is 172 Å². The summed E-state index contributed by atoms with van der Waals surface area (Å²) >= 11 is 0. The largest absolute Gasteiger partial charge is 0.357 e. The van der Waals surface area contributed by atoms with E-state index in [1.807, 2.05) is 30.3 Å². The van der Waals surface area contributed by atoms with E-state index < -0.39 is 10.8 Å². The molecule has 0 heterocycles. The predicted octanol–water partition coefficient (Wildman–Crippen LogP) is 3.94. The monoisotopic (exact) mass is 477 g/mol. The Bertz CT molecular complexity index is 545. The second kappa shape index (κ2) is 11.9. The number of nitrogens with one attached hydrogen (secondary N) is 2. The molecule has 2 N–H and O–H groups in total. The van der Waals surface area contributed by atoms with Crippen molar-refractivity contribution in [2.45, 2.75) is 50.8 Å². The Morgan fingerprint density at radius 3 is 2.44 bits per heavy atom. The van der Waals surface area contributed by atoms with E-state index in [1.54, 1.807) is 0 Å². The van der Waals surface area contributed by atoms with Crippen molar-refractivity contribution in [3.05, 3.63) is 30.3 Å². The van der Waals surface area contributed by atoms with Crippen molar-refractivity contribution in [2.24, 2.45) is 10.4 Å². The van der Waals surface area contributed by atoms with Gasteiger partial charge in [-0.2, -0.15) is 0 Å². The van der Waals surface area contributed by atoms with Gasteiger partial charge in [-0.1, -0.05) is 38.0 Å². The summed E-state index contributed by atoms with van der Waals surface area (Å²) in [5.41, 5.74) is 0.398. The average Bonchev–Trinajstić information content (AvgIpc) is 3.10. The molecular weight excluding hydrogens is 445 g/mol. The maximum Gasteiger partial charge on any atom is 0.191 e. The van der Waals surface area contributed by atoms with Crippen molar-refractivity contribution in [1.82, 2.24) is 10.6 Å². The molecule has 1 atom stereocenters. The average molecular weight is 477 g/mol. The Morgan fingerprint density at radius 1 is 1.16 bits per heavy atom. The molecule has 0 saturated heterocycles. The summed E-state index contributed by atoms with van der Waals surface area (Å²) in [5.74, 6) is 1.44. The van der Waals surface area contributed by atoms with Gasteiger partial charge in [0.15, 0.2) is 5.96 Å². The van der Waals surface area contributed by atoms with E-state index in [2.05, 4.69) is 24.5 Å². The van der Waals surface area contributed by atoms with E-state index in [0.717, 1.165) is 23.9 Å². The fraction of sp³-hybridized carbons (Fsp3) is 0.632. The lowest BCUT2D eigenvalue weighted by molar-refractivity contribution is 0.297. The first-order chi connectivity index (χ1) is 11.7. The molecule has 1 aromatic carbocycles. The molecule has 4 nitrogen and oxygen atoms in total. The van der Waals surface area contributed by atoms with Crippen molar-refractivity contribution < 1.29 is 4.21 Å². The summed E-state index contributed by atoms with van der Waals surface area (Å²) < 4.78 is 12.3. The van der Waals surface area contributed by atoms with Gasteiger partial charge >= 0.3 is 0 Å². The van der Waals surface area contributed by atoms with Crippen molar-refractivity contribution in [1.29, 1.82) is 0 Å². The highest BCUT2D eigenvalue weighted by Gasteiger charge is 2.31. The normalized spacial score (nSPS) is 17.6. The molecule has 0 aliphatic heterocycles. The number of hydrogen-bond donors (Lipinski definition) is 2. The number of rotatable bonds is 8. The molecule has 0 aromatic heterocycles. The van der Waals surface area contributed by atoms with Crippen LogP contribution >= 0.6 is 24.0 Å². The quantitative estimate of drug-likeness (QED) is 0.339. The number of hydrogen-bond acceptors (Lipinski definition) is 2. The highest BCUT2D eigenvalue weighted by atomic mass is 127. The van der Waals surface area contributed by atoms with E-state index in [0.29, 0.717) is 17.7 Å². The number of guanidine groups is 1. The third-order valence-corrected chi connectivity index (χ3v) is 6.29. The minimum atomic E-state index is -0.965. The molecule has 0 amide bonds. The molecule has 25 heavy (non-hydrogen) atoms. The molecule has 6 heteroatoms. The predicted molar refractivity (Wildman–Crippen MR) is 118 cm³/mol. The Kier molecular flexibility index (Phi) is 10.7. The standard InChI is InChI=1S/C19H31N3OS.HI/c1-3-19(12-8-9-13-19)16-22-18(20-4-2)21-14-15-24(23)17-10-6-5-7-11-17;/h5-7,10-11H,3-4,8-9,12-16H2,1-2H3,(H2,20,21,22);1H. The lowest BCUT2D eigenvalue weighted by Gasteiger charge is -2.25. The van der Waals surface area contributed by atoms with E-state index in [9.17, 15) is 4.21 Å². The molecule has 1 saturated carbocycles. The molecule has 1 aromatic rings. The molecule has 1 aliphatic rings. The summed E-state index contributed by atoms with van der Waals surface area (Å²) in [5, 5.41) is 6.63. The third-order valence-electron chi connectivity index (χ3n) is 4.92. The summed E-state index contributed by atoms with van der Waals surface area (Å²) in [4.78, 5) is 5.69. The summed E-state index contributed by atoms with van der Waals surface area (Å²) in [6, 6.07) is 9.64. The smallest absolute Gasteiger partial charge is 0.191 e. The highest BCUT2D eigenvalue weighted by Crippen LogP contribution is 2.41. The van der Waals surface area contributed by atoms with Crippen LogP contribution in [0.25, 0.3) is 0 Å². The van der Waals surface area contributed by atoms with Crippen molar-refractivity contribution in [2.75, 3.05) is 25.4 Å². The van der Waals surface area contributed by atoms with Gasteiger partial charge in [0.05, 0.1) is 10.8 Å². The summed E-state index contributed by atoms with van der Waals surface area (Å²) in [6.07, 6.45) is 6.47. The van der Waals surface area contributed by atoms with Gasteiger partial charge < -0.3 is 10.6 Å². The molecule has 0 bridgehead atoms. The second-order valence-electron chi connectivity index (χ2n) is 6.55. The van der Waals surface area contributed by atoms with Crippen LogP contribution in [0.2, 0.25) is 0 Å². The zero-order valence-corrected chi connectivity index (χ0v) is 18.6. The molecule has 1 aliphatic carbocycles. The van der Waals surface area contributed by atoms with Crippen molar-refractivity contribution >= 4 is 40.7 Å². The molecule has 1 fully saturated rings. The zero-order chi connectivity index (χ0) is 17.3. The third kappa shape index (κ3) is 7.25. The van der Waals surface area contributed by atoms with Gasteiger partial charge in [0.25, 0.3) is 0 Å². The van der Waals surface area contributed by atoms with Gasteiger partial charge in [-0.15, -0.1) is 24.0 Å². The van der Waals surface area contributed by atoms with Crippen LogP contribution in [0.4, 0.5) is 0 Å². The Balaban J connectivity index is 0.00000312. The maximum atomic E-state index is 12.3. The Morgan fingerprint density at radius 2 is 1.84 bits per heavy atom. The van der Waals surface area contributed by atoms with Crippen LogP contribution in [0.1, 0.15) is 46.0 Å². The summed E-state index contributed by atoms with van der Waals surface area (Å²) in [7, 11) is -0.965. The van der Waals surface area contributed by atoms with Crippen LogP contribution in [0, 0.1) is 5.41 Å². The molecule has 0 spiro atoms. The van der Waals surface area contributed by atoms with E-state index >= 15 is 0 Å². The van der Waals surface area contributed by atoms with Gasteiger partial charge in [-0.25, -0.2) is 0 Å². The lowest BCUT2D eigenvalue weighted by atomic mass is 9.84. The lowest BCUT2D eigenvalue weighted by Crippen LogP contribution is -2.40. The van der Waals surface area contributed by atoms with Gasteiger partial charge in [0.2, 0.25) is 0 Å². The molecule has 142 valence electrons. The first-order valence-electron chi connectivity index (χ1n) is 9.15. The fourth-order valence-electron chi connectivity index (χ4n) is 3.29. The molecule has 1 unspecified atom stereocenters. The zero-order valence-electron chi connectivity index (χ0n) is 15.4. The van der Waals surface area contributed by atoms with Gasteiger partial charge in [-0.3, -0.25) is 9.20 Å². The maximum absolute atomic E-state index is 12.3. The van der Waals surface area contributed by atoms with Crippen LogP contribution in [0.5, 0.6) is 0 Å². The number of benzene rings is 1. The molecular formula is C19H32IN3OS. The van der Waals surface area contributed by atoms with Crippen LogP contribution in [0.15, 0.2) is 40.2 Å². The van der Waals surface area contributed by atoms with Crippen LogP contribution in [0.3, 0.4) is 0 Å². The molecule has 0 radical (unpaired) electrons. The number of halogens is 1. The van der Waals surface area contributed by atoms with Gasteiger partial charge in [-0.05, 0) is 43.7 Å². The van der Waals surface area contributed by atoms with Crippen LogP contribution in [-0.4, -0.2) is 35.6 Å². The van der Waals surface area contributed by atoms with E-state index in [1.165, 1.54) is 32.1 Å². The number of nitrogens with zero attached hydrogens (tertiary/aromatic N) is 1. The number of aliphatic imine (C=N–C) groups is 1. The minimum absolute atomic E-state index is 0. The minimum Gasteiger partial charge on any atom is -0.357 e. The van der Waals surface area contributed by atoms with Gasteiger partial charge in [0.1, 0.15) is 0 Å². The highest BCUT2D eigenvalue weighted by molar-refractivity contribution is 14.0. The molecule has 2 rings (SSSR count). The van der Waals surface area contributed by atoms with Crippen molar-refractivity contribution in [3.8, 4) is 0 Å². The van der Waals surface area contributed by atoms with E-state index in [4.69, 9.17) is 4.99 Å². The Hall–Kier alpha value is -0.630. The second-order valence-corrected chi connectivity index (χ2v) is 8.12. The fourth-order valence-corrected chi connectivity index (χ4v) is 4.27. The SMILES string of the molecule is CCNC(=NCC1(CC)CCCC1)NCCS(=O)c1ccccc1.I.